The fraction of sp³-hybridized carbons (Fsp3) is 0.333. The minimum atomic E-state index is -0.234. The van der Waals surface area contributed by atoms with Crippen LogP contribution >= 0.6 is 0 Å². The molecule has 0 aliphatic rings. The molecule has 0 radical (unpaired) electrons. The number of rotatable bonds is 4. The highest BCUT2D eigenvalue weighted by molar-refractivity contribution is 5.78. The van der Waals surface area contributed by atoms with Gasteiger partial charge in [0.25, 0.3) is 0 Å². The first kappa shape index (κ1) is 15.2. The molecular weight excluding hydrogens is 264 g/mol. The van der Waals surface area contributed by atoms with E-state index < -0.39 is 0 Å². The summed E-state index contributed by atoms with van der Waals surface area (Å²) in [5.41, 5.74) is 4.22. The van der Waals surface area contributed by atoms with E-state index in [1.165, 1.54) is 11.6 Å². The molecule has 0 aliphatic heterocycles. The number of benzene rings is 2. The summed E-state index contributed by atoms with van der Waals surface area (Å²) in [4.78, 5) is 0. The summed E-state index contributed by atoms with van der Waals surface area (Å²) in [6.45, 7) is 6.00. The smallest absolute Gasteiger partial charge is 0.164 e. The molecule has 0 spiro atoms. The first-order valence-corrected chi connectivity index (χ1v) is 7.42. The van der Waals surface area contributed by atoms with Gasteiger partial charge in [-0.05, 0) is 42.0 Å². The van der Waals surface area contributed by atoms with Gasteiger partial charge < -0.3 is 15.3 Å². The quantitative estimate of drug-likeness (QED) is 0.584. The zero-order valence-electron chi connectivity index (χ0n) is 12.8. The Morgan fingerprint density at radius 1 is 0.762 bits per heavy atom. The lowest BCUT2D eigenvalue weighted by Gasteiger charge is -2.15. The van der Waals surface area contributed by atoms with Gasteiger partial charge in [0.2, 0.25) is 0 Å². The summed E-state index contributed by atoms with van der Waals surface area (Å²) in [6, 6.07) is 7.57. The summed E-state index contributed by atoms with van der Waals surface area (Å²) in [5.74, 6) is -0.380. The highest BCUT2D eigenvalue weighted by Gasteiger charge is 2.18. The molecule has 3 nitrogen and oxygen atoms in total. The van der Waals surface area contributed by atoms with Gasteiger partial charge in [0.15, 0.2) is 11.5 Å². The third-order valence-electron chi connectivity index (χ3n) is 3.95. The minimum Gasteiger partial charge on any atom is -0.507 e. The number of hydrogen-bond donors (Lipinski definition) is 3. The van der Waals surface area contributed by atoms with Crippen LogP contribution in [-0.2, 0) is 19.3 Å². The Hall–Kier alpha value is -2.16. The molecule has 3 heteroatoms. The van der Waals surface area contributed by atoms with Crippen LogP contribution < -0.4 is 0 Å². The Morgan fingerprint density at radius 2 is 1.48 bits per heavy atom. The molecule has 3 N–H and O–H groups in total. The lowest BCUT2D eigenvalue weighted by atomic mass is 9.92. The van der Waals surface area contributed by atoms with Crippen LogP contribution in [0.3, 0.4) is 0 Å². The second kappa shape index (κ2) is 6.08. The number of aryl methyl sites for hydroxylation is 2. The first-order valence-electron chi connectivity index (χ1n) is 7.42. The topological polar surface area (TPSA) is 60.7 Å². The van der Waals surface area contributed by atoms with Crippen LogP contribution in [0.15, 0.2) is 24.3 Å². The number of phenolic OH excluding ortho intramolecular Hbond substituents is 3. The van der Waals surface area contributed by atoms with Crippen molar-refractivity contribution in [2.75, 3.05) is 0 Å². The molecule has 2 aromatic rings. The van der Waals surface area contributed by atoms with Gasteiger partial charge in [-0.1, -0.05) is 39.0 Å². The van der Waals surface area contributed by atoms with Crippen LogP contribution in [0, 0.1) is 0 Å². The molecule has 0 atom stereocenters. The number of hydrogen-bond acceptors (Lipinski definition) is 3. The summed E-state index contributed by atoms with van der Waals surface area (Å²) in [5, 5.41) is 30.2. The second-order valence-electron chi connectivity index (χ2n) is 5.17. The average molecular weight is 286 g/mol. The van der Waals surface area contributed by atoms with E-state index >= 15 is 0 Å². The summed E-state index contributed by atoms with van der Waals surface area (Å²) in [7, 11) is 0. The maximum atomic E-state index is 10.4. The van der Waals surface area contributed by atoms with Gasteiger partial charge in [-0.25, -0.2) is 0 Å². The van der Waals surface area contributed by atoms with Gasteiger partial charge in [0.1, 0.15) is 5.75 Å². The second-order valence-corrected chi connectivity index (χ2v) is 5.17. The summed E-state index contributed by atoms with van der Waals surface area (Å²) in [6.07, 6.45) is 2.25. The minimum absolute atomic E-state index is 0.0479. The van der Waals surface area contributed by atoms with Crippen molar-refractivity contribution in [2.45, 2.75) is 40.0 Å². The summed E-state index contributed by atoms with van der Waals surface area (Å²) < 4.78 is 0. The predicted octanol–water partition coefficient (Wildman–Crippen LogP) is 4.16. The molecule has 0 fully saturated rings. The van der Waals surface area contributed by atoms with Crippen molar-refractivity contribution in [3.05, 3.63) is 41.0 Å². The van der Waals surface area contributed by atoms with Gasteiger partial charge in [-0.3, -0.25) is 0 Å². The van der Waals surface area contributed by atoms with Gasteiger partial charge in [-0.15, -0.1) is 0 Å². The van der Waals surface area contributed by atoms with E-state index in [0.29, 0.717) is 17.5 Å². The maximum absolute atomic E-state index is 10.4. The van der Waals surface area contributed by atoms with E-state index in [4.69, 9.17) is 0 Å². The van der Waals surface area contributed by atoms with Gasteiger partial charge in [0.05, 0.1) is 0 Å². The van der Waals surface area contributed by atoms with Crippen LogP contribution in [0.1, 0.15) is 37.5 Å². The van der Waals surface area contributed by atoms with Crippen LogP contribution in [-0.4, -0.2) is 15.3 Å². The van der Waals surface area contributed by atoms with Gasteiger partial charge >= 0.3 is 0 Å². The molecule has 0 heterocycles. The normalized spacial score (nSPS) is 10.8. The van der Waals surface area contributed by atoms with E-state index in [-0.39, 0.29) is 17.2 Å². The molecule has 0 saturated carbocycles. The predicted molar refractivity (Wildman–Crippen MR) is 85.0 cm³/mol. The van der Waals surface area contributed by atoms with Crippen LogP contribution in [0.2, 0.25) is 0 Å². The monoisotopic (exact) mass is 286 g/mol. The molecule has 0 aliphatic carbocycles. The van der Waals surface area contributed by atoms with Crippen molar-refractivity contribution >= 4 is 0 Å². The van der Waals surface area contributed by atoms with E-state index in [2.05, 4.69) is 19.9 Å². The summed E-state index contributed by atoms with van der Waals surface area (Å²) >= 11 is 0. The first-order chi connectivity index (χ1) is 10.0. The van der Waals surface area contributed by atoms with E-state index in [1.54, 1.807) is 0 Å². The molecule has 0 bridgehead atoms. The Bertz CT molecular complexity index is 660. The number of aromatic hydroxyl groups is 3. The van der Waals surface area contributed by atoms with Crippen molar-refractivity contribution in [2.24, 2.45) is 0 Å². The molecule has 21 heavy (non-hydrogen) atoms. The van der Waals surface area contributed by atoms with Crippen LogP contribution in [0.5, 0.6) is 17.2 Å². The Balaban J connectivity index is 2.70. The SMILES string of the molecule is CCc1ccc(-c2cc(O)c(O)c(CC)c2O)c(CC)c1. The lowest BCUT2D eigenvalue weighted by molar-refractivity contribution is 0.391. The van der Waals surface area contributed by atoms with E-state index in [1.807, 2.05) is 19.1 Å². The molecule has 0 unspecified atom stereocenters. The van der Waals surface area contributed by atoms with Crippen molar-refractivity contribution < 1.29 is 15.3 Å². The molecule has 0 saturated heterocycles. The number of phenols is 3. The van der Waals surface area contributed by atoms with Crippen molar-refractivity contribution in [1.82, 2.24) is 0 Å². The maximum Gasteiger partial charge on any atom is 0.164 e. The zero-order valence-corrected chi connectivity index (χ0v) is 12.8. The standard InChI is InChI=1S/C18H22O3/c1-4-11-7-8-14(12(5-2)9-11)15-10-16(19)18(21)13(6-3)17(15)20/h7-10,19-21H,4-6H2,1-3H3. The Morgan fingerprint density at radius 3 is 2.05 bits per heavy atom. The van der Waals surface area contributed by atoms with Crippen molar-refractivity contribution in [3.63, 3.8) is 0 Å². The van der Waals surface area contributed by atoms with Gasteiger partial charge in [-0.2, -0.15) is 0 Å². The molecule has 2 aromatic carbocycles. The molecule has 0 amide bonds. The van der Waals surface area contributed by atoms with Crippen molar-refractivity contribution in [3.8, 4) is 28.4 Å². The molecule has 112 valence electrons. The molecular formula is C18H22O3. The average Bonchev–Trinajstić information content (AvgIpc) is 2.51. The largest absolute Gasteiger partial charge is 0.507 e. The fourth-order valence-corrected chi connectivity index (χ4v) is 2.67. The Kier molecular flexibility index (Phi) is 4.41. The molecule has 2 rings (SSSR count). The van der Waals surface area contributed by atoms with Crippen LogP contribution in [0.25, 0.3) is 11.1 Å². The zero-order chi connectivity index (χ0) is 15.6. The van der Waals surface area contributed by atoms with Crippen molar-refractivity contribution in [1.29, 1.82) is 0 Å². The van der Waals surface area contributed by atoms with Crippen LogP contribution in [0.4, 0.5) is 0 Å². The lowest BCUT2D eigenvalue weighted by Crippen LogP contribution is -1.94. The van der Waals surface area contributed by atoms with E-state index in [0.717, 1.165) is 24.0 Å². The third-order valence-corrected chi connectivity index (χ3v) is 3.95. The Labute approximate surface area is 125 Å². The highest BCUT2D eigenvalue weighted by Crippen LogP contribution is 2.44. The fourth-order valence-electron chi connectivity index (χ4n) is 2.67. The van der Waals surface area contributed by atoms with E-state index in [9.17, 15) is 15.3 Å². The molecule has 0 aromatic heterocycles. The third kappa shape index (κ3) is 2.68. The highest BCUT2D eigenvalue weighted by atomic mass is 16.3. The van der Waals surface area contributed by atoms with Gasteiger partial charge in [0, 0.05) is 11.1 Å².